The van der Waals surface area contributed by atoms with Crippen LogP contribution in [0.3, 0.4) is 0 Å². The summed E-state index contributed by atoms with van der Waals surface area (Å²) < 4.78 is 2.06. The standard InChI is InChI=1S/C20H21N3/c1-13-5-4-6-16(11-13)19-18-9-10-21-20(18)23(22-19)17-8-7-14(2)15(3)12-17/h4-8,11-12,21H,9-10H2,1-3H3. The van der Waals surface area contributed by atoms with E-state index in [1.54, 1.807) is 0 Å². The molecule has 0 saturated carbocycles. The van der Waals surface area contributed by atoms with Gasteiger partial charge in [-0.3, -0.25) is 0 Å². The van der Waals surface area contributed by atoms with Gasteiger partial charge in [-0.25, -0.2) is 4.68 Å². The summed E-state index contributed by atoms with van der Waals surface area (Å²) in [6.07, 6.45) is 1.03. The van der Waals surface area contributed by atoms with E-state index in [1.165, 1.54) is 27.8 Å². The van der Waals surface area contributed by atoms with Crippen LogP contribution in [-0.4, -0.2) is 16.3 Å². The molecule has 1 aliphatic heterocycles. The van der Waals surface area contributed by atoms with E-state index < -0.39 is 0 Å². The maximum Gasteiger partial charge on any atom is 0.133 e. The minimum Gasteiger partial charge on any atom is -0.369 e. The Kier molecular flexibility index (Phi) is 3.22. The molecule has 0 saturated heterocycles. The highest BCUT2D eigenvalue weighted by Crippen LogP contribution is 2.35. The molecular weight excluding hydrogens is 282 g/mol. The molecule has 3 heteroatoms. The smallest absolute Gasteiger partial charge is 0.133 e. The molecule has 1 aromatic heterocycles. The van der Waals surface area contributed by atoms with Crippen molar-refractivity contribution in [2.24, 2.45) is 0 Å². The second-order valence-corrected chi connectivity index (χ2v) is 6.40. The molecule has 23 heavy (non-hydrogen) atoms. The van der Waals surface area contributed by atoms with Crippen molar-refractivity contribution in [2.75, 3.05) is 11.9 Å². The number of aryl methyl sites for hydroxylation is 3. The number of anilines is 1. The number of aromatic nitrogens is 2. The Morgan fingerprint density at radius 3 is 2.65 bits per heavy atom. The normalized spacial score (nSPS) is 13.0. The van der Waals surface area contributed by atoms with Crippen molar-refractivity contribution >= 4 is 5.82 Å². The molecule has 0 amide bonds. The number of hydrogen-bond acceptors (Lipinski definition) is 2. The highest BCUT2D eigenvalue weighted by atomic mass is 15.3. The quantitative estimate of drug-likeness (QED) is 0.759. The summed E-state index contributed by atoms with van der Waals surface area (Å²) in [5.74, 6) is 1.14. The van der Waals surface area contributed by atoms with Crippen LogP contribution in [0.15, 0.2) is 42.5 Å². The molecular formula is C20H21N3. The summed E-state index contributed by atoms with van der Waals surface area (Å²) in [7, 11) is 0. The van der Waals surface area contributed by atoms with Crippen molar-refractivity contribution in [3.8, 4) is 16.9 Å². The summed E-state index contributed by atoms with van der Waals surface area (Å²) in [5, 5.41) is 8.44. The van der Waals surface area contributed by atoms with Gasteiger partial charge in [0, 0.05) is 17.7 Å². The zero-order chi connectivity index (χ0) is 16.0. The first-order valence-electron chi connectivity index (χ1n) is 8.14. The molecule has 0 atom stereocenters. The first kappa shape index (κ1) is 14.1. The molecule has 1 N–H and O–H groups in total. The summed E-state index contributed by atoms with van der Waals surface area (Å²) in [4.78, 5) is 0. The Bertz CT molecular complexity index is 890. The third-order valence-electron chi connectivity index (χ3n) is 4.68. The molecule has 3 aromatic rings. The zero-order valence-electron chi connectivity index (χ0n) is 13.9. The lowest BCUT2D eigenvalue weighted by Gasteiger charge is -2.08. The molecule has 1 aliphatic rings. The largest absolute Gasteiger partial charge is 0.369 e. The molecule has 2 aromatic carbocycles. The Morgan fingerprint density at radius 1 is 1.00 bits per heavy atom. The Hall–Kier alpha value is -2.55. The van der Waals surface area contributed by atoms with Crippen molar-refractivity contribution < 1.29 is 0 Å². The lowest BCUT2D eigenvalue weighted by Crippen LogP contribution is -2.04. The Labute approximate surface area is 137 Å². The fourth-order valence-electron chi connectivity index (χ4n) is 3.24. The van der Waals surface area contributed by atoms with Crippen molar-refractivity contribution in [1.29, 1.82) is 0 Å². The second kappa shape index (κ2) is 5.27. The first-order chi connectivity index (χ1) is 11.1. The van der Waals surface area contributed by atoms with Gasteiger partial charge in [0.15, 0.2) is 0 Å². The molecule has 0 fully saturated rings. The van der Waals surface area contributed by atoms with Crippen LogP contribution < -0.4 is 5.32 Å². The van der Waals surface area contributed by atoms with Crippen LogP contribution in [0.2, 0.25) is 0 Å². The molecule has 0 unspecified atom stereocenters. The van der Waals surface area contributed by atoms with Crippen molar-refractivity contribution in [2.45, 2.75) is 27.2 Å². The van der Waals surface area contributed by atoms with Gasteiger partial charge in [-0.05, 0) is 56.5 Å². The predicted octanol–water partition coefficient (Wildman–Crippen LogP) is 4.43. The van der Waals surface area contributed by atoms with Crippen LogP contribution in [0.1, 0.15) is 22.3 Å². The summed E-state index contributed by atoms with van der Waals surface area (Å²) >= 11 is 0. The first-order valence-corrected chi connectivity index (χ1v) is 8.14. The number of nitrogens with zero attached hydrogens (tertiary/aromatic N) is 2. The van der Waals surface area contributed by atoms with Gasteiger partial charge in [0.2, 0.25) is 0 Å². The monoisotopic (exact) mass is 303 g/mol. The third kappa shape index (κ3) is 2.33. The maximum absolute atomic E-state index is 4.94. The van der Waals surface area contributed by atoms with Crippen molar-refractivity contribution in [3.63, 3.8) is 0 Å². The molecule has 116 valence electrons. The lowest BCUT2D eigenvalue weighted by molar-refractivity contribution is 0.880. The molecule has 0 spiro atoms. The fourth-order valence-corrected chi connectivity index (χ4v) is 3.24. The molecule has 2 heterocycles. The van der Waals surface area contributed by atoms with Gasteiger partial charge >= 0.3 is 0 Å². The SMILES string of the molecule is Cc1cccc(-c2nn(-c3ccc(C)c(C)c3)c3c2CCN3)c1. The van der Waals surface area contributed by atoms with Gasteiger partial charge < -0.3 is 5.32 Å². The lowest BCUT2D eigenvalue weighted by atomic mass is 10.0. The molecule has 4 rings (SSSR count). The Balaban J connectivity index is 1.89. The van der Waals surface area contributed by atoms with E-state index in [0.29, 0.717) is 0 Å². The van der Waals surface area contributed by atoms with Crippen molar-refractivity contribution in [1.82, 2.24) is 9.78 Å². The van der Waals surface area contributed by atoms with Gasteiger partial charge in [-0.15, -0.1) is 0 Å². The summed E-state index contributed by atoms with van der Waals surface area (Å²) in [5.41, 5.74) is 8.63. The van der Waals surface area contributed by atoms with E-state index in [4.69, 9.17) is 5.10 Å². The van der Waals surface area contributed by atoms with E-state index in [1.807, 2.05) is 0 Å². The summed E-state index contributed by atoms with van der Waals surface area (Å²) in [6.45, 7) is 7.40. The number of benzene rings is 2. The minimum atomic E-state index is 0.983. The predicted molar refractivity (Wildman–Crippen MR) is 95.4 cm³/mol. The van der Waals surface area contributed by atoms with Crippen LogP contribution in [0.4, 0.5) is 5.82 Å². The van der Waals surface area contributed by atoms with Gasteiger partial charge in [0.25, 0.3) is 0 Å². The number of rotatable bonds is 2. The molecule has 0 radical (unpaired) electrons. The number of hydrogen-bond donors (Lipinski definition) is 1. The maximum atomic E-state index is 4.94. The van der Waals surface area contributed by atoms with E-state index in [2.05, 4.69) is 73.2 Å². The van der Waals surface area contributed by atoms with E-state index in [9.17, 15) is 0 Å². The minimum absolute atomic E-state index is 0.983. The van der Waals surface area contributed by atoms with Crippen LogP contribution in [0, 0.1) is 20.8 Å². The van der Waals surface area contributed by atoms with E-state index >= 15 is 0 Å². The van der Waals surface area contributed by atoms with Gasteiger partial charge in [-0.1, -0.05) is 29.8 Å². The Morgan fingerprint density at radius 2 is 1.87 bits per heavy atom. The van der Waals surface area contributed by atoms with E-state index in [0.717, 1.165) is 30.2 Å². The van der Waals surface area contributed by atoms with Crippen LogP contribution in [-0.2, 0) is 6.42 Å². The van der Waals surface area contributed by atoms with Gasteiger partial charge in [0.05, 0.1) is 11.4 Å². The van der Waals surface area contributed by atoms with Crippen LogP contribution in [0.25, 0.3) is 16.9 Å². The molecule has 0 aliphatic carbocycles. The number of nitrogens with one attached hydrogen (secondary N) is 1. The zero-order valence-corrected chi connectivity index (χ0v) is 13.9. The fraction of sp³-hybridized carbons (Fsp3) is 0.250. The van der Waals surface area contributed by atoms with E-state index in [-0.39, 0.29) is 0 Å². The second-order valence-electron chi connectivity index (χ2n) is 6.40. The third-order valence-corrected chi connectivity index (χ3v) is 4.68. The highest BCUT2D eigenvalue weighted by Gasteiger charge is 2.23. The van der Waals surface area contributed by atoms with Gasteiger partial charge in [-0.2, -0.15) is 5.10 Å². The van der Waals surface area contributed by atoms with Crippen LogP contribution >= 0.6 is 0 Å². The highest BCUT2D eigenvalue weighted by molar-refractivity contribution is 5.73. The topological polar surface area (TPSA) is 29.9 Å². The molecule has 3 nitrogen and oxygen atoms in total. The number of fused-ring (bicyclic) bond motifs is 1. The van der Waals surface area contributed by atoms with Crippen molar-refractivity contribution in [3.05, 3.63) is 64.7 Å². The average molecular weight is 303 g/mol. The summed E-state index contributed by atoms with van der Waals surface area (Å²) in [6, 6.07) is 15.1. The van der Waals surface area contributed by atoms with Crippen LogP contribution in [0.5, 0.6) is 0 Å². The average Bonchev–Trinajstić information content (AvgIpc) is 3.12. The molecule has 0 bridgehead atoms. The van der Waals surface area contributed by atoms with Gasteiger partial charge in [0.1, 0.15) is 5.82 Å².